The van der Waals surface area contributed by atoms with Crippen LogP contribution in [0.5, 0.6) is 5.75 Å². The highest BCUT2D eigenvalue weighted by Gasteiger charge is 2.10. The lowest BCUT2D eigenvalue weighted by molar-refractivity contribution is -0.132. The monoisotopic (exact) mass is 312 g/mol. The van der Waals surface area contributed by atoms with E-state index in [9.17, 15) is 9.59 Å². The summed E-state index contributed by atoms with van der Waals surface area (Å²) in [5.74, 6) is 0.545. The first-order chi connectivity index (χ1) is 11.1. The van der Waals surface area contributed by atoms with E-state index < -0.39 is 0 Å². The number of likely N-dealkylation sites (N-methyl/N-ethyl adjacent to an activating group) is 1. The number of hydrogen-bond acceptors (Lipinski definition) is 4. The lowest BCUT2D eigenvalue weighted by atomic mass is 10.1. The molecule has 0 aliphatic rings. The Morgan fingerprint density at radius 3 is 2.35 bits per heavy atom. The maximum atomic E-state index is 12.1. The molecule has 0 saturated carbocycles. The van der Waals surface area contributed by atoms with Crippen LogP contribution in [0.2, 0.25) is 0 Å². The van der Waals surface area contributed by atoms with E-state index in [1.165, 1.54) is 0 Å². The number of benzene rings is 1. The molecule has 5 nitrogen and oxygen atoms in total. The third kappa shape index (κ3) is 4.92. The Balaban J connectivity index is 1.85. The van der Waals surface area contributed by atoms with Crippen LogP contribution in [0.15, 0.2) is 48.8 Å². The third-order valence-electron chi connectivity index (χ3n) is 3.45. The summed E-state index contributed by atoms with van der Waals surface area (Å²) in [5.41, 5.74) is 1.67. The Kier molecular flexibility index (Phi) is 5.86. The number of pyridine rings is 1. The minimum Gasteiger partial charge on any atom is -0.484 e. The molecule has 0 atom stereocenters. The normalized spacial score (nSPS) is 10.2. The number of ether oxygens (including phenoxy) is 1. The average molecular weight is 312 g/mol. The van der Waals surface area contributed by atoms with E-state index in [0.717, 1.165) is 5.56 Å². The van der Waals surface area contributed by atoms with Crippen molar-refractivity contribution >= 4 is 11.7 Å². The SMILES string of the molecule is CCC(=O)c1ccc(OCC(=O)N(C)Cc2ccncc2)cc1. The van der Waals surface area contributed by atoms with Crippen LogP contribution in [0.1, 0.15) is 29.3 Å². The zero-order chi connectivity index (χ0) is 16.7. The van der Waals surface area contributed by atoms with E-state index >= 15 is 0 Å². The maximum Gasteiger partial charge on any atom is 0.260 e. The van der Waals surface area contributed by atoms with Crippen LogP contribution in [0.3, 0.4) is 0 Å². The third-order valence-corrected chi connectivity index (χ3v) is 3.45. The predicted molar refractivity (Wildman–Crippen MR) is 87.3 cm³/mol. The lowest BCUT2D eigenvalue weighted by Gasteiger charge is -2.17. The Morgan fingerprint density at radius 1 is 1.09 bits per heavy atom. The van der Waals surface area contributed by atoms with Gasteiger partial charge in [0.05, 0.1) is 0 Å². The molecular weight excluding hydrogens is 292 g/mol. The fourth-order valence-corrected chi connectivity index (χ4v) is 2.05. The summed E-state index contributed by atoms with van der Waals surface area (Å²) in [6, 6.07) is 10.6. The Morgan fingerprint density at radius 2 is 1.74 bits per heavy atom. The van der Waals surface area contributed by atoms with Gasteiger partial charge in [0.2, 0.25) is 0 Å². The van der Waals surface area contributed by atoms with Crippen molar-refractivity contribution in [3.8, 4) is 5.75 Å². The molecule has 0 aliphatic carbocycles. The summed E-state index contributed by atoms with van der Waals surface area (Å²) in [5, 5.41) is 0. The highest BCUT2D eigenvalue weighted by molar-refractivity contribution is 5.95. The second-order valence-corrected chi connectivity index (χ2v) is 5.20. The van der Waals surface area contributed by atoms with E-state index in [4.69, 9.17) is 4.74 Å². The van der Waals surface area contributed by atoms with E-state index in [1.54, 1.807) is 48.6 Å². The molecule has 0 bridgehead atoms. The molecule has 1 heterocycles. The van der Waals surface area contributed by atoms with Crippen molar-refractivity contribution in [3.05, 3.63) is 59.9 Å². The van der Waals surface area contributed by atoms with Crippen LogP contribution >= 0.6 is 0 Å². The molecule has 0 saturated heterocycles. The Bertz CT molecular complexity index is 654. The van der Waals surface area contributed by atoms with Crippen LogP contribution in [0, 0.1) is 0 Å². The van der Waals surface area contributed by atoms with Crippen LogP contribution in [-0.4, -0.2) is 35.2 Å². The van der Waals surface area contributed by atoms with Crippen LogP contribution < -0.4 is 4.74 Å². The van der Waals surface area contributed by atoms with Crippen LogP contribution in [0.25, 0.3) is 0 Å². The van der Waals surface area contributed by atoms with Gasteiger partial charge in [-0.1, -0.05) is 6.92 Å². The number of aromatic nitrogens is 1. The summed E-state index contributed by atoms with van der Waals surface area (Å²) in [6.07, 6.45) is 3.87. The second kappa shape index (κ2) is 8.08. The van der Waals surface area contributed by atoms with Crippen molar-refractivity contribution in [3.63, 3.8) is 0 Å². The molecule has 120 valence electrons. The van der Waals surface area contributed by atoms with Gasteiger partial charge in [-0.25, -0.2) is 0 Å². The maximum absolute atomic E-state index is 12.1. The number of rotatable bonds is 7. The summed E-state index contributed by atoms with van der Waals surface area (Å²) in [4.78, 5) is 29.2. The van der Waals surface area contributed by atoms with Gasteiger partial charge in [-0.05, 0) is 42.0 Å². The molecule has 5 heteroatoms. The first kappa shape index (κ1) is 16.7. The van der Waals surface area contributed by atoms with Gasteiger partial charge >= 0.3 is 0 Å². The highest BCUT2D eigenvalue weighted by Crippen LogP contribution is 2.13. The molecule has 1 aromatic heterocycles. The van der Waals surface area contributed by atoms with Gasteiger partial charge in [-0.15, -0.1) is 0 Å². The molecule has 0 fully saturated rings. The van der Waals surface area contributed by atoms with Gasteiger partial charge in [0, 0.05) is 38.0 Å². The zero-order valence-corrected chi connectivity index (χ0v) is 13.4. The van der Waals surface area contributed by atoms with Gasteiger partial charge in [0.25, 0.3) is 5.91 Å². The van der Waals surface area contributed by atoms with Gasteiger partial charge in [-0.3, -0.25) is 14.6 Å². The van der Waals surface area contributed by atoms with Crippen molar-refractivity contribution in [1.82, 2.24) is 9.88 Å². The van der Waals surface area contributed by atoms with Crippen molar-refractivity contribution in [2.75, 3.05) is 13.7 Å². The lowest BCUT2D eigenvalue weighted by Crippen LogP contribution is -2.30. The number of ketones is 1. The van der Waals surface area contributed by atoms with Crippen molar-refractivity contribution in [2.24, 2.45) is 0 Å². The number of carbonyl (C=O) groups is 2. The van der Waals surface area contributed by atoms with Crippen molar-refractivity contribution < 1.29 is 14.3 Å². The van der Waals surface area contributed by atoms with Crippen molar-refractivity contribution in [2.45, 2.75) is 19.9 Å². The highest BCUT2D eigenvalue weighted by atomic mass is 16.5. The molecule has 0 unspecified atom stereocenters. The van der Waals surface area contributed by atoms with Gasteiger partial charge in [-0.2, -0.15) is 0 Å². The van der Waals surface area contributed by atoms with E-state index in [2.05, 4.69) is 4.98 Å². The van der Waals surface area contributed by atoms with E-state index in [-0.39, 0.29) is 18.3 Å². The van der Waals surface area contributed by atoms with E-state index in [0.29, 0.717) is 24.3 Å². The molecule has 23 heavy (non-hydrogen) atoms. The molecule has 0 aliphatic heterocycles. The summed E-state index contributed by atoms with van der Waals surface area (Å²) < 4.78 is 5.48. The minimum atomic E-state index is -0.115. The Labute approximate surface area is 135 Å². The number of amides is 1. The van der Waals surface area contributed by atoms with Gasteiger partial charge in [0.15, 0.2) is 12.4 Å². The quantitative estimate of drug-likeness (QED) is 0.738. The number of hydrogen-bond donors (Lipinski definition) is 0. The molecule has 0 spiro atoms. The van der Waals surface area contributed by atoms with Crippen LogP contribution in [0.4, 0.5) is 0 Å². The standard InChI is InChI=1S/C18H20N2O3/c1-3-17(21)15-4-6-16(7-5-15)23-13-18(22)20(2)12-14-8-10-19-11-9-14/h4-11H,3,12-13H2,1-2H3. The summed E-state index contributed by atoms with van der Waals surface area (Å²) >= 11 is 0. The molecule has 1 amide bonds. The predicted octanol–water partition coefficient (Wildman–Crippen LogP) is 2.71. The summed E-state index contributed by atoms with van der Waals surface area (Å²) in [7, 11) is 1.73. The average Bonchev–Trinajstić information content (AvgIpc) is 2.60. The first-order valence-corrected chi connectivity index (χ1v) is 7.49. The number of nitrogens with zero attached hydrogens (tertiary/aromatic N) is 2. The fourth-order valence-electron chi connectivity index (χ4n) is 2.05. The molecule has 0 N–H and O–H groups in total. The van der Waals surface area contributed by atoms with Gasteiger partial charge in [0.1, 0.15) is 5.75 Å². The first-order valence-electron chi connectivity index (χ1n) is 7.49. The smallest absolute Gasteiger partial charge is 0.260 e. The number of carbonyl (C=O) groups excluding carboxylic acids is 2. The Hall–Kier alpha value is -2.69. The molecule has 2 rings (SSSR count). The minimum absolute atomic E-state index is 0.0390. The van der Waals surface area contributed by atoms with Crippen molar-refractivity contribution in [1.29, 1.82) is 0 Å². The number of Topliss-reactive ketones (excluding diaryl/α,β-unsaturated/α-hetero) is 1. The van der Waals surface area contributed by atoms with E-state index in [1.807, 2.05) is 19.1 Å². The largest absolute Gasteiger partial charge is 0.484 e. The van der Waals surface area contributed by atoms with Crippen LogP contribution in [-0.2, 0) is 11.3 Å². The second-order valence-electron chi connectivity index (χ2n) is 5.20. The molecule has 1 aromatic carbocycles. The fraction of sp³-hybridized carbons (Fsp3) is 0.278. The molecular formula is C18H20N2O3. The zero-order valence-electron chi connectivity index (χ0n) is 13.4. The molecule has 2 aromatic rings. The topological polar surface area (TPSA) is 59.5 Å². The van der Waals surface area contributed by atoms with Gasteiger partial charge < -0.3 is 9.64 Å². The molecule has 0 radical (unpaired) electrons. The summed E-state index contributed by atoms with van der Waals surface area (Å²) in [6.45, 7) is 2.29.